The van der Waals surface area contributed by atoms with Crippen LogP contribution in [0.5, 0.6) is 0 Å². The molecule has 0 amide bonds. The van der Waals surface area contributed by atoms with Crippen LogP contribution in [0.25, 0.3) is 209 Å². The number of benzene rings is 18. The van der Waals surface area contributed by atoms with Gasteiger partial charge in [-0.3, -0.25) is 0 Å². The van der Waals surface area contributed by atoms with Crippen molar-refractivity contribution in [3.05, 3.63) is 352 Å². The predicted octanol–water partition coefficient (Wildman–Crippen LogP) is 27.4. The Morgan fingerprint density at radius 1 is 0.143 bits per heavy atom. The average molecular weight is 1240 g/mol. The van der Waals surface area contributed by atoms with E-state index in [4.69, 9.17) is 8.83 Å². The van der Waals surface area contributed by atoms with Gasteiger partial charge < -0.3 is 8.83 Å². The van der Waals surface area contributed by atoms with E-state index in [-0.39, 0.29) is 0 Å². The molecule has 2 heteroatoms. The van der Waals surface area contributed by atoms with Gasteiger partial charge in [-0.25, -0.2) is 0 Å². The maximum atomic E-state index is 6.90. The highest BCUT2D eigenvalue weighted by Crippen LogP contribution is 2.49. The molecule has 0 spiro atoms. The Labute approximate surface area is 565 Å². The van der Waals surface area contributed by atoms with E-state index in [1.165, 1.54) is 131 Å². The van der Waals surface area contributed by atoms with Crippen molar-refractivity contribution >= 4 is 109 Å². The zero-order valence-electron chi connectivity index (χ0n) is 53.3. The van der Waals surface area contributed by atoms with Gasteiger partial charge in [0.2, 0.25) is 0 Å². The molecule has 20 aromatic rings. The lowest BCUT2D eigenvalue weighted by Crippen LogP contribution is -1.91. The van der Waals surface area contributed by atoms with Crippen molar-refractivity contribution in [1.82, 2.24) is 0 Å². The third-order valence-corrected chi connectivity index (χ3v) is 20.6. The molecule has 2 heterocycles. The second-order valence-corrected chi connectivity index (χ2v) is 26.1. The van der Waals surface area contributed by atoms with E-state index in [1.54, 1.807) is 0 Å². The highest BCUT2D eigenvalue weighted by Gasteiger charge is 2.22. The van der Waals surface area contributed by atoms with Crippen LogP contribution in [0.4, 0.5) is 0 Å². The number of hydrogen-bond acceptors (Lipinski definition) is 2. The van der Waals surface area contributed by atoms with E-state index in [0.29, 0.717) is 0 Å². The maximum Gasteiger partial charge on any atom is 0.143 e. The molecule has 2 aromatic heterocycles. The highest BCUT2D eigenvalue weighted by atomic mass is 16.3. The van der Waals surface area contributed by atoms with Crippen LogP contribution in [-0.2, 0) is 0 Å². The zero-order valence-corrected chi connectivity index (χ0v) is 53.3. The van der Waals surface area contributed by atoms with Gasteiger partial charge in [0.1, 0.15) is 22.3 Å². The van der Waals surface area contributed by atoms with Crippen LogP contribution in [0, 0.1) is 0 Å². The third-order valence-electron chi connectivity index (χ3n) is 20.6. The van der Waals surface area contributed by atoms with Gasteiger partial charge in [-0.15, -0.1) is 0 Å². The van der Waals surface area contributed by atoms with Crippen LogP contribution in [0.15, 0.2) is 361 Å². The van der Waals surface area contributed by atoms with Crippen molar-refractivity contribution in [2.75, 3.05) is 0 Å². The Hall–Kier alpha value is -12.9. The van der Waals surface area contributed by atoms with Gasteiger partial charge in [0, 0.05) is 27.1 Å². The summed E-state index contributed by atoms with van der Waals surface area (Å²) in [6.45, 7) is 0. The van der Waals surface area contributed by atoms with Crippen molar-refractivity contribution < 1.29 is 8.83 Å². The minimum Gasteiger partial charge on any atom is -0.456 e. The summed E-state index contributed by atoms with van der Waals surface area (Å²) in [7, 11) is 0. The predicted molar refractivity (Wildman–Crippen MR) is 415 cm³/mol. The Morgan fingerprint density at radius 3 is 0.898 bits per heavy atom. The summed E-state index contributed by atoms with van der Waals surface area (Å²) in [4.78, 5) is 0. The molecule has 0 N–H and O–H groups in total. The van der Waals surface area contributed by atoms with Gasteiger partial charge in [-0.1, -0.05) is 297 Å². The number of furan rings is 2. The normalized spacial score (nSPS) is 11.9. The molecule has 0 aliphatic rings. The standard InChI is InChI=1S/C96H58O2/c1-3-29-72-60(19-1)21-16-39-74(72)66-24-14-27-70(54-66)94-79-33-7-5-31-77(79)92(78-32-6-8-34-80(78)94)62-45-43-59(44-46-62)64-47-50-89-87(56-64)88-58-68(49-52-90(88)97-89)76-41-18-42-85-86-57-65(48-51-91(86)98-96(76)85)63-23-13-26-69(53-63)93-81-35-9-11-37-83(81)95(84-38-12-10-36-82(84)93)71-28-15-25-67(55-71)75-40-17-22-61-20-2-4-30-73(61)75/h1-58H. The fourth-order valence-corrected chi connectivity index (χ4v) is 16.2. The molecule has 0 saturated carbocycles. The lowest BCUT2D eigenvalue weighted by molar-refractivity contribution is 0.668. The fraction of sp³-hybridized carbons (Fsp3) is 0. The molecule has 454 valence electrons. The number of para-hydroxylation sites is 1. The van der Waals surface area contributed by atoms with E-state index < -0.39 is 0 Å². The molecule has 0 atom stereocenters. The van der Waals surface area contributed by atoms with Crippen LogP contribution in [0.2, 0.25) is 0 Å². The largest absolute Gasteiger partial charge is 0.456 e. The molecular formula is C96H58O2. The van der Waals surface area contributed by atoms with Crippen molar-refractivity contribution in [3.8, 4) is 100 Å². The number of hydrogen-bond donors (Lipinski definition) is 0. The summed E-state index contributed by atoms with van der Waals surface area (Å²) < 4.78 is 13.5. The Kier molecular flexibility index (Phi) is 12.7. The quantitative estimate of drug-likeness (QED) is 0.135. The van der Waals surface area contributed by atoms with Crippen molar-refractivity contribution in [2.24, 2.45) is 0 Å². The van der Waals surface area contributed by atoms with Gasteiger partial charge in [-0.2, -0.15) is 0 Å². The molecule has 18 aromatic carbocycles. The van der Waals surface area contributed by atoms with Crippen LogP contribution < -0.4 is 0 Å². The fourth-order valence-electron chi connectivity index (χ4n) is 16.2. The smallest absolute Gasteiger partial charge is 0.143 e. The highest BCUT2D eigenvalue weighted by molar-refractivity contribution is 6.24. The summed E-state index contributed by atoms with van der Waals surface area (Å²) in [5, 5.41) is 19.1. The first-order valence-corrected chi connectivity index (χ1v) is 33.8. The second-order valence-electron chi connectivity index (χ2n) is 26.1. The van der Waals surface area contributed by atoms with Crippen molar-refractivity contribution in [2.45, 2.75) is 0 Å². The second kappa shape index (κ2) is 22.4. The van der Waals surface area contributed by atoms with Gasteiger partial charge >= 0.3 is 0 Å². The van der Waals surface area contributed by atoms with Crippen LogP contribution in [-0.4, -0.2) is 0 Å². The molecule has 0 saturated heterocycles. The molecule has 0 fully saturated rings. The van der Waals surface area contributed by atoms with Crippen LogP contribution in [0.1, 0.15) is 0 Å². The van der Waals surface area contributed by atoms with Crippen molar-refractivity contribution in [3.63, 3.8) is 0 Å². The SMILES string of the molecule is c1cc(-c2ccc3oc4c(-c5ccc6oc7ccc(-c8ccc(-c9c%10ccccc%10c(-c%10cccc(-c%11cccc%12ccccc%11%12)c%10)c%10ccccc9%10)cc8)cc7c6c5)cccc4c3c2)cc(-c2c3ccccc3c(-c3cccc(-c4cccc5ccccc45)c3)c3ccccc23)c1. The molecule has 0 aliphatic heterocycles. The molecule has 0 radical (unpaired) electrons. The first-order valence-electron chi connectivity index (χ1n) is 33.8. The van der Waals surface area contributed by atoms with Crippen LogP contribution >= 0.6 is 0 Å². The van der Waals surface area contributed by atoms with Gasteiger partial charge in [0.25, 0.3) is 0 Å². The Morgan fingerprint density at radius 2 is 0.418 bits per heavy atom. The van der Waals surface area contributed by atoms with Crippen molar-refractivity contribution in [1.29, 1.82) is 0 Å². The summed E-state index contributed by atoms with van der Waals surface area (Å²) in [6, 6.07) is 129. The first kappa shape index (κ1) is 55.6. The van der Waals surface area contributed by atoms with Gasteiger partial charge in [0.15, 0.2) is 0 Å². The molecule has 20 rings (SSSR count). The summed E-state index contributed by atoms with van der Waals surface area (Å²) in [6.07, 6.45) is 0. The molecular weight excluding hydrogens is 1190 g/mol. The maximum absolute atomic E-state index is 6.90. The van der Waals surface area contributed by atoms with Gasteiger partial charge in [0.05, 0.1) is 0 Å². The van der Waals surface area contributed by atoms with Gasteiger partial charge in [-0.05, 0) is 214 Å². The molecule has 0 unspecified atom stereocenters. The summed E-state index contributed by atoms with van der Waals surface area (Å²) >= 11 is 0. The zero-order chi connectivity index (χ0) is 64.4. The molecule has 0 aliphatic carbocycles. The third kappa shape index (κ3) is 8.96. The summed E-state index contributed by atoms with van der Waals surface area (Å²) in [5.41, 5.74) is 24.7. The molecule has 0 bridgehead atoms. The first-order chi connectivity index (χ1) is 48.6. The minimum absolute atomic E-state index is 0.849. The van der Waals surface area contributed by atoms with Crippen LogP contribution in [0.3, 0.4) is 0 Å². The lowest BCUT2D eigenvalue weighted by Gasteiger charge is -2.19. The lowest BCUT2D eigenvalue weighted by atomic mass is 9.84. The monoisotopic (exact) mass is 1240 g/mol. The number of rotatable bonds is 9. The average Bonchev–Trinajstić information content (AvgIpc) is 1.04. The van der Waals surface area contributed by atoms with E-state index >= 15 is 0 Å². The summed E-state index contributed by atoms with van der Waals surface area (Å²) in [5.74, 6) is 0. The van der Waals surface area contributed by atoms with E-state index in [1.807, 2.05) is 0 Å². The Bertz CT molecular complexity index is 6550. The van der Waals surface area contributed by atoms with E-state index in [9.17, 15) is 0 Å². The Balaban J connectivity index is 0.626. The topological polar surface area (TPSA) is 26.3 Å². The minimum atomic E-state index is 0.849. The number of fused-ring (bicyclic) bond motifs is 12. The molecule has 2 nitrogen and oxygen atoms in total. The van der Waals surface area contributed by atoms with E-state index in [2.05, 4.69) is 352 Å². The molecule has 98 heavy (non-hydrogen) atoms. The van der Waals surface area contributed by atoms with E-state index in [0.717, 1.165) is 77.3 Å².